The van der Waals surface area contributed by atoms with Gasteiger partial charge < -0.3 is 9.84 Å². The molecule has 0 unspecified atom stereocenters. The second-order valence-corrected chi connectivity index (χ2v) is 8.27. The van der Waals surface area contributed by atoms with Crippen molar-refractivity contribution in [3.05, 3.63) is 38.7 Å². The first-order valence-electron chi connectivity index (χ1n) is 7.54. The number of rotatable bonds is 3. The number of carbonyl (C=O) groups excluding carboxylic acids is 2. The second-order valence-electron chi connectivity index (χ2n) is 6.38. The monoisotopic (exact) mass is 439 g/mol. The molecule has 0 atom stereocenters. The highest BCUT2D eigenvalue weighted by Gasteiger charge is 2.25. The summed E-state index contributed by atoms with van der Waals surface area (Å²) in [5.74, 6) is -1.02. The Labute approximate surface area is 163 Å². The number of amidine groups is 1. The molecule has 9 heteroatoms. The average molecular weight is 440 g/mol. The van der Waals surface area contributed by atoms with E-state index in [2.05, 4.69) is 57.0 Å². The van der Waals surface area contributed by atoms with Crippen molar-refractivity contribution >= 4 is 51.0 Å². The van der Waals surface area contributed by atoms with E-state index in [1.54, 1.807) is 0 Å². The lowest BCUT2D eigenvalue weighted by Gasteiger charge is -2.20. The van der Waals surface area contributed by atoms with Crippen LogP contribution in [0.4, 0.5) is 0 Å². The zero-order chi connectivity index (χ0) is 19.5. The molecule has 0 aromatic heterocycles. The molecule has 0 saturated carbocycles. The summed E-state index contributed by atoms with van der Waals surface area (Å²) in [4.78, 5) is 23.1. The summed E-state index contributed by atoms with van der Waals surface area (Å²) in [5, 5.41) is 20.7. The summed E-state index contributed by atoms with van der Waals surface area (Å²) < 4.78 is 5.05. The molecule has 1 aromatic rings. The smallest absolute Gasteiger partial charge is 0.331 e. The summed E-state index contributed by atoms with van der Waals surface area (Å²) in [7, 11) is 1.23. The molecule has 0 aliphatic carbocycles. The molecule has 1 heterocycles. The van der Waals surface area contributed by atoms with Crippen molar-refractivity contribution in [1.29, 1.82) is 0 Å². The Morgan fingerprint density at radius 1 is 1.38 bits per heavy atom. The quantitative estimate of drug-likeness (QED) is 0.326. The highest BCUT2D eigenvalue weighted by molar-refractivity contribution is 9.10. The number of nitrogens with one attached hydrogen (secondary N) is 1. The van der Waals surface area contributed by atoms with Gasteiger partial charge in [-0.2, -0.15) is 5.10 Å². The SMILES string of the molecule is COC(=O)/C=C1/S/C(=N\N=Cc2cc(C(C)(C)C)cc(Br)c2O)NC1=O. The number of ether oxygens (including phenoxy) is 1. The van der Waals surface area contributed by atoms with E-state index < -0.39 is 11.9 Å². The standard InChI is InChI=1S/C17H18BrN3O4S/c1-17(2,3)10-5-9(14(23)11(18)6-10)8-19-21-16-20-15(24)12(26-16)7-13(22)25-4/h5-8,23H,1-4H3,(H,20,21,24)/b12-7+,19-8?. The molecule has 0 bridgehead atoms. The van der Waals surface area contributed by atoms with Crippen molar-refractivity contribution in [2.24, 2.45) is 10.2 Å². The summed E-state index contributed by atoms with van der Waals surface area (Å²) in [5.41, 5.74) is 1.41. The van der Waals surface area contributed by atoms with E-state index in [-0.39, 0.29) is 21.2 Å². The van der Waals surface area contributed by atoms with Gasteiger partial charge in [0.1, 0.15) is 5.75 Å². The van der Waals surface area contributed by atoms with Gasteiger partial charge in [-0.1, -0.05) is 20.8 Å². The zero-order valence-electron chi connectivity index (χ0n) is 14.7. The van der Waals surface area contributed by atoms with Crippen LogP contribution in [0, 0.1) is 0 Å². The summed E-state index contributed by atoms with van der Waals surface area (Å²) in [6.45, 7) is 6.19. The molecule has 0 spiro atoms. The first-order chi connectivity index (χ1) is 12.1. The minimum atomic E-state index is -0.624. The summed E-state index contributed by atoms with van der Waals surface area (Å²) >= 11 is 4.31. The molecule has 2 rings (SSSR count). The molecular weight excluding hydrogens is 422 g/mol. The summed E-state index contributed by atoms with van der Waals surface area (Å²) in [6.07, 6.45) is 2.49. The van der Waals surface area contributed by atoms with Crippen molar-refractivity contribution in [2.75, 3.05) is 7.11 Å². The Kier molecular flexibility index (Phi) is 6.25. The van der Waals surface area contributed by atoms with Gasteiger partial charge >= 0.3 is 5.97 Å². The fourth-order valence-electron chi connectivity index (χ4n) is 1.94. The number of phenolic OH excluding ortho intramolecular Hbond substituents is 1. The van der Waals surface area contributed by atoms with Crippen molar-refractivity contribution in [3.8, 4) is 5.75 Å². The van der Waals surface area contributed by atoms with Gasteiger partial charge in [0.25, 0.3) is 5.91 Å². The van der Waals surface area contributed by atoms with E-state index in [0.717, 1.165) is 23.4 Å². The predicted octanol–water partition coefficient (Wildman–Crippen LogP) is 3.06. The molecule has 1 amide bonds. The van der Waals surface area contributed by atoms with E-state index in [9.17, 15) is 14.7 Å². The van der Waals surface area contributed by atoms with Gasteiger partial charge in [-0.15, -0.1) is 5.10 Å². The molecular formula is C17H18BrN3O4S. The van der Waals surface area contributed by atoms with E-state index in [1.807, 2.05) is 12.1 Å². The number of benzene rings is 1. The van der Waals surface area contributed by atoms with Gasteiger partial charge in [0, 0.05) is 11.6 Å². The Morgan fingerprint density at radius 3 is 2.69 bits per heavy atom. The highest BCUT2D eigenvalue weighted by atomic mass is 79.9. The number of nitrogens with zero attached hydrogens (tertiary/aromatic N) is 2. The lowest BCUT2D eigenvalue weighted by Crippen LogP contribution is -2.19. The number of hydrogen-bond acceptors (Lipinski definition) is 7. The second kappa shape index (κ2) is 8.05. The molecule has 2 N–H and O–H groups in total. The maximum atomic E-state index is 11.7. The first kappa shape index (κ1) is 20.2. The first-order valence-corrected chi connectivity index (χ1v) is 9.15. The van der Waals surface area contributed by atoms with Crippen LogP contribution in [0.1, 0.15) is 31.9 Å². The van der Waals surface area contributed by atoms with Gasteiger partial charge in [0.05, 0.1) is 22.7 Å². The van der Waals surface area contributed by atoms with Crippen molar-refractivity contribution in [3.63, 3.8) is 0 Å². The maximum absolute atomic E-state index is 11.7. The Hall–Kier alpha value is -2.13. The maximum Gasteiger partial charge on any atom is 0.331 e. The van der Waals surface area contributed by atoms with Gasteiger partial charge in [-0.25, -0.2) is 4.79 Å². The molecule has 1 aliphatic heterocycles. The van der Waals surface area contributed by atoms with Crippen LogP contribution in [0.5, 0.6) is 5.75 Å². The fraction of sp³-hybridized carbons (Fsp3) is 0.294. The Morgan fingerprint density at radius 2 is 2.08 bits per heavy atom. The van der Waals surface area contributed by atoms with Crippen molar-refractivity contribution in [2.45, 2.75) is 26.2 Å². The van der Waals surface area contributed by atoms with Crippen LogP contribution < -0.4 is 5.32 Å². The minimum absolute atomic E-state index is 0.0522. The third-order valence-corrected chi connectivity index (χ3v) is 4.91. The van der Waals surface area contributed by atoms with Crippen LogP contribution in [0.15, 0.2) is 37.8 Å². The van der Waals surface area contributed by atoms with E-state index in [4.69, 9.17) is 0 Å². The zero-order valence-corrected chi connectivity index (χ0v) is 17.1. The van der Waals surface area contributed by atoms with Crippen molar-refractivity contribution in [1.82, 2.24) is 5.32 Å². The number of esters is 1. The number of amides is 1. The Bertz CT molecular complexity index is 841. The molecule has 1 aliphatic rings. The number of thioether (sulfide) groups is 1. The Balaban J connectivity index is 2.22. The van der Waals surface area contributed by atoms with E-state index in [1.165, 1.54) is 13.3 Å². The molecule has 138 valence electrons. The summed E-state index contributed by atoms with van der Waals surface area (Å²) in [6, 6.07) is 3.68. The largest absolute Gasteiger partial charge is 0.506 e. The van der Waals surface area contributed by atoms with Crippen LogP contribution in [0.3, 0.4) is 0 Å². The molecule has 1 aromatic carbocycles. The van der Waals surface area contributed by atoms with Crippen LogP contribution in [0.25, 0.3) is 0 Å². The van der Waals surface area contributed by atoms with Crippen LogP contribution in [-0.4, -0.2) is 35.5 Å². The van der Waals surface area contributed by atoms with E-state index in [0.29, 0.717) is 10.0 Å². The number of hydrogen-bond donors (Lipinski definition) is 2. The third-order valence-electron chi connectivity index (χ3n) is 3.41. The van der Waals surface area contributed by atoms with E-state index >= 15 is 0 Å². The van der Waals surface area contributed by atoms with Crippen LogP contribution in [0.2, 0.25) is 0 Å². The number of methoxy groups -OCH3 is 1. The van der Waals surface area contributed by atoms with Crippen LogP contribution in [-0.2, 0) is 19.7 Å². The fourth-order valence-corrected chi connectivity index (χ4v) is 3.15. The molecule has 0 radical (unpaired) electrons. The molecule has 1 fully saturated rings. The predicted molar refractivity (Wildman–Crippen MR) is 105 cm³/mol. The number of aromatic hydroxyl groups is 1. The third kappa shape index (κ3) is 4.95. The number of carbonyl (C=O) groups is 2. The molecule has 1 saturated heterocycles. The van der Waals surface area contributed by atoms with Gasteiger partial charge in [-0.05, 0) is 50.8 Å². The van der Waals surface area contributed by atoms with Gasteiger partial charge in [0.15, 0.2) is 5.17 Å². The lowest BCUT2D eigenvalue weighted by molar-refractivity contribution is -0.135. The molecule has 7 nitrogen and oxygen atoms in total. The van der Waals surface area contributed by atoms with Crippen molar-refractivity contribution < 1.29 is 19.4 Å². The lowest BCUT2D eigenvalue weighted by atomic mass is 9.86. The van der Waals surface area contributed by atoms with Gasteiger partial charge in [0.2, 0.25) is 0 Å². The topological polar surface area (TPSA) is 100 Å². The number of phenols is 1. The van der Waals surface area contributed by atoms with Gasteiger partial charge in [-0.3, -0.25) is 10.1 Å². The number of halogens is 1. The minimum Gasteiger partial charge on any atom is -0.506 e. The molecule has 26 heavy (non-hydrogen) atoms. The van der Waals surface area contributed by atoms with Crippen LogP contribution >= 0.6 is 27.7 Å². The highest BCUT2D eigenvalue weighted by Crippen LogP contribution is 2.33. The normalized spacial score (nSPS) is 18.0. The average Bonchev–Trinajstić information content (AvgIpc) is 2.89.